The predicted octanol–water partition coefficient (Wildman–Crippen LogP) is 6.83. The Bertz CT molecular complexity index is 1530. The van der Waals surface area contributed by atoms with Crippen LogP contribution in [0, 0.1) is 6.92 Å². The van der Waals surface area contributed by atoms with Crippen LogP contribution >= 0.6 is 11.6 Å². The quantitative estimate of drug-likeness (QED) is 0.240. The molecule has 0 unspecified atom stereocenters. The van der Waals surface area contributed by atoms with Crippen LogP contribution in [0.1, 0.15) is 72.9 Å². The Morgan fingerprint density at radius 2 is 1.59 bits per heavy atom. The van der Waals surface area contributed by atoms with Crippen LogP contribution < -0.4 is 0 Å². The lowest BCUT2D eigenvalue weighted by molar-refractivity contribution is 0.0602. The molecule has 0 N–H and O–H groups in total. The highest BCUT2D eigenvalue weighted by Gasteiger charge is 2.44. The van der Waals surface area contributed by atoms with E-state index in [-0.39, 0.29) is 11.3 Å². The second-order valence-corrected chi connectivity index (χ2v) is 12.7. The highest BCUT2D eigenvalue weighted by molar-refractivity contribution is 6.29. The van der Waals surface area contributed by atoms with Crippen molar-refractivity contribution in [2.24, 2.45) is 0 Å². The number of nitrogens with zero attached hydrogens (tertiary/aromatic N) is 5. The van der Waals surface area contributed by atoms with E-state index in [1.807, 2.05) is 4.90 Å². The lowest BCUT2D eigenvalue weighted by atomic mass is 9.70. The van der Waals surface area contributed by atoms with Gasteiger partial charge in [-0.25, -0.2) is 9.97 Å². The van der Waals surface area contributed by atoms with Crippen LogP contribution in [-0.2, 0) is 5.41 Å². The number of amides is 1. The van der Waals surface area contributed by atoms with Gasteiger partial charge in [0.05, 0.1) is 11.0 Å². The van der Waals surface area contributed by atoms with Crippen molar-refractivity contribution in [3.05, 3.63) is 95.0 Å². The second kappa shape index (κ2) is 10.9. The van der Waals surface area contributed by atoms with Gasteiger partial charge in [0.2, 0.25) is 0 Å². The number of para-hydroxylation sites is 2. The van der Waals surface area contributed by atoms with Gasteiger partial charge in [-0.3, -0.25) is 9.69 Å². The zero-order valence-corrected chi connectivity index (χ0v) is 24.5. The molecule has 212 valence electrons. The fourth-order valence-electron chi connectivity index (χ4n) is 8.09. The molecule has 3 aliphatic heterocycles. The molecule has 1 amide bonds. The zero-order valence-electron chi connectivity index (χ0n) is 23.8. The first kappa shape index (κ1) is 26.7. The van der Waals surface area contributed by atoms with Crippen molar-refractivity contribution in [1.82, 2.24) is 24.3 Å². The van der Waals surface area contributed by atoms with Crippen LogP contribution in [0.2, 0.25) is 5.15 Å². The fourth-order valence-corrected chi connectivity index (χ4v) is 8.26. The lowest BCUT2D eigenvalue weighted by Crippen LogP contribution is -2.49. The summed E-state index contributed by atoms with van der Waals surface area (Å²) in [6, 6.07) is 26.7. The topological polar surface area (TPSA) is 54.3 Å². The van der Waals surface area contributed by atoms with Gasteiger partial charge in [0.1, 0.15) is 16.7 Å². The van der Waals surface area contributed by atoms with Crippen LogP contribution in [0.3, 0.4) is 0 Å². The summed E-state index contributed by atoms with van der Waals surface area (Å²) >= 11 is 6.08. The number of benzene rings is 2. The lowest BCUT2D eigenvalue weighted by Gasteiger charge is -2.45. The Hall–Kier alpha value is -3.22. The Morgan fingerprint density at radius 1 is 0.878 bits per heavy atom. The molecule has 3 aliphatic rings. The molecule has 0 spiro atoms. The third kappa shape index (κ3) is 4.95. The molecule has 4 aromatic rings. The molecule has 0 aliphatic carbocycles. The summed E-state index contributed by atoms with van der Waals surface area (Å²) in [5.74, 6) is 1.12. The van der Waals surface area contributed by atoms with Gasteiger partial charge in [0.15, 0.2) is 0 Å². The molecule has 7 rings (SSSR count). The van der Waals surface area contributed by atoms with E-state index in [9.17, 15) is 4.79 Å². The van der Waals surface area contributed by atoms with E-state index in [0.29, 0.717) is 29.0 Å². The first-order chi connectivity index (χ1) is 20.0. The Morgan fingerprint density at radius 3 is 2.32 bits per heavy atom. The third-order valence-corrected chi connectivity index (χ3v) is 10.4. The molecule has 3 saturated heterocycles. The van der Waals surface area contributed by atoms with E-state index in [1.165, 1.54) is 36.8 Å². The number of pyridine rings is 1. The molecular weight excluding hydrogens is 530 g/mol. The molecule has 6 nitrogen and oxygen atoms in total. The third-order valence-electron chi connectivity index (χ3n) is 10.2. The van der Waals surface area contributed by atoms with E-state index < -0.39 is 0 Å². The largest absolute Gasteiger partial charge is 0.337 e. The predicted molar refractivity (Wildman–Crippen MR) is 163 cm³/mol. The molecule has 41 heavy (non-hydrogen) atoms. The van der Waals surface area contributed by atoms with Crippen LogP contribution in [0.15, 0.2) is 72.8 Å². The van der Waals surface area contributed by atoms with Gasteiger partial charge in [-0.2, -0.15) is 0 Å². The highest BCUT2D eigenvalue weighted by atomic mass is 35.5. The smallest absolute Gasteiger partial charge is 0.272 e. The van der Waals surface area contributed by atoms with E-state index >= 15 is 0 Å². The van der Waals surface area contributed by atoms with E-state index in [1.54, 1.807) is 18.2 Å². The number of carbonyl (C=O) groups is 1. The van der Waals surface area contributed by atoms with Crippen molar-refractivity contribution in [2.45, 2.75) is 75.4 Å². The van der Waals surface area contributed by atoms with Crippen LogP contribution in [0.25, 0.3) is 11.0 Å². The molecule has 5 heterocycles. The minimum absolute atomic E-state index is 0.0170. The Balaban J connectivity index is 1.06. The summed E-state index contributed by atoms with van der Waals surface area (Å²) in [5.41, 5.74) is 4.31. The van der Waals surface area contributed by atoms with Gasteiger partial charge in [0.25, 0.3) is 5.91 Å². The van der Waals surface area contributed by atoms with Gasteiger partial charge in [-0.15, -0.1) is 0 Å². The molecule has 2 aromatic heterocycles. The van der Waals surface area contributed by atoms with Crippen LogP contribution in [-0.4, -0.2) is 62.0 Å². The van der Waals surface area contributed by atoms with Crippen molar-refractivity contribution >= 4 is 28.5 Å². The van der Waals surface area contributed by atoms with Crippen molar-refractivity contribution in [2.75, 3.05) is 19.6 Å². The first-order valence-corrected chi connectivity index (χ1v) is 15.6. The average Bonchev–Trinajstić information content (AvgIpc) is 3.46. The standard InChI is InChI=1S/C34H38ClN5O/c1-24-36-29-10-5-6-12-31(29)40(24)28-22-26-14-15-27(23-28)39(26)21-18-34(25-8-3-2-4-9-25)16-19-38(20-17-34)33(41)30-11-7-13-32(35)37-30/h2-13,26-28H,14-23H2,1H3/t26-,27+,28+. The minimum Gasteiger partial charge on any atom is -0.337 e. The van der Waals surface area contributed by atoms with Gasteiger partial charge in [-0.05, 0) is 93.7 Å². The van der Waals surface area contributed by atoms with Crippen molar-refractivity contribution in [1.29, 1.82) is 0 Å². The molecule has 2 bridgehead atoms. The number of hydrogen-bond donors (Lipinski definition) is 0. The fraction of sp³-hybridized carbons (Fsp3) is 0.441. The minimum atomic E-state index is -0.0170. The first-order valence-electron chi connectivity index (χ1n) is 15.2. The number of carbonyl (C=O) groups excluding carboxylic acids is 1. The van der Waals surface area contributed by atoms with Gasteiger partial charge >= 0.3 is 0 Å². The van der Waals surface area contributed by atoms with Crippen molar-refractivity contribution in [3.63, 3.8) is 0 Å². The Labute approximate surface area is 247 Å². The summed E-state index contributed by atoms with van der Waals surface area (Å²) in [6.45, 7) is 4.76. The Kier molecular flexibility index (Phi) is 7.08. The van der Waals surface area contributed by atoms with Crippen molar-refractivity contribution in [3.8, 4) is 0 Å². The maximum Gasteiger partial charge on any atom is 0.272 e. The van der Waals surface area contributed by atoms with E-state index in [0.717, 1.165) is 50.2 Å². The number of halogens is 1. The number of piperidine rings is 2. The summed E-state index contributed by atoms with van der Waals surface area (Å²) in [7, 11) is 0. The molecule has 0 radical (unpaired) electrons. The van der Waals surface area contributed by atoms with Crippen LogP contribution in [0.5, 0.6) is 0 Å². The maximum absolute atomic E-state index is 13.2. The molecule has 0 saturated carbocycles. The molecule has 7 heteroatoms. The van der Waals surface area contributed by atoms with Gasteiger partial charge < -0.3 is 9.47 Å². The summed E-state index contributed by atoms with van der Waals surface area (Å²) < 4.78 is 2.52. The second-order valence-electron chi connectivity index (χ2n) is 12.3. The number of fused-ring (bicyclic) bond motifs is 3. The zero-order chi connectivity index (χ0) is 28.0. The van der Waals surface area contributed by atoms with Gasteiger partial charge in [-0.1, -0.05) is 60.1 Å². The molecule has 2 aromatic carbocycles. The number of rotatable bonds is 6. The SMILES string of the molecule is Cc1nc2ccccc2n1[C@H]1C[C@H]2CC[C@@H](C1)N2CCC1(c2ccccc2)CCN(C(=O)c2cccc(Cl)n2)CC1. The molecule has 3 fully saturated rings. The number of aryl methyl sites for hydroxylation is 1. The highest BCUT2D eigenvalue weighted by Crippen LogP contribution is 2.45. The number of hydrogen-bond acceptors (Lipinski definition) is 4. The summed E-state index contributed by atoms with van der Waals surface area (Å²) in [4.78, 5) is 27.2. The van der Waals surface area contributed by atoms with Gasteiger partial charge in [0, 0.05) is 31.2 Å². The molecule has 3 atom stereocenters. The van der Waals surface area contributed by atoms with Crippen molar-refractivity contribution < 1.29 is 4.79 Å². The number of likely N-dealkylation sites (tertiary alicyclic amines) is 1. The number of aromatic nitrogens is 3. The average molecular weight is 568 g/mol. The molecular formula is C34H38ClN5O. The summed E-state index contributed by atoms with van der Waals surface area (Å²) in [6.07, 6.45) is 8.04. The van der Waals surface area contributed by atoms with Crippen LogP contribution in [0.4, 0.5) is 0 Å². The number of imidazole rings is 1. The monoisotopic (exact) mass is 567 g/mol. The normalized spacial score (nSPS) is 24.1. The summed E-state index contributed by atoms with van der Waals surface area (Å²) in [5, 5.41) is 0.362. The maximum atomic E-state index is 13.2. The van der Waals surface area contributed by atoms with E-state index in [4.69, 9.17) is 16.6 Å². The van der Waals surface area contributed by atoms with E-state index in [2.05, 4.69) is 76.0 Å².